The molecule has 0 unspecified atom stereocenters. The number of hydrogen-bond acceptors (Lipinski definition) is 5. The number of benzene rings is 2. The zero-order chi connectivity index (χ0) is 21.8. The SMILES string of the molecule is Cc1c(-c2ccccc2)sc(NC(=O)c2ccc(C#N)cc2)c1C(=O)N1CCOCC1. The molecule has 1 N–H and O–H groups in total. The Kier molecular flexibility index (Phi) is 6.12. The zero-order valence-electron chi connectivity index (χ0n) is 17.1. The van der Waals surface area contributed by atoms with Gasteiger partial charge in [0.2, 0.25) is 0 Å². The van der Waals surface area contributed by atoms with E-state index in [0.29, 0.717) is 48.0 Å². The number of ether oxygens (including phenoxy) is 1. The van der Waals surface area contributed by atoms with Gasteiger partial charge in [-0.1, -0.05) is 30.3 Å². The van der Waals surface area contributed by atoms with Crippen LogP contribution in [-0.2, 0) is 4.74 Å². The lowest BCUT2D eigenvalue weighted by atomic mass is 10.1. The molecule has 2 amide bonds. The van der Waals surface area contributed by atoms with Crippen molar-refractivity contribution < 1.29 is 14.3 Å². The van der Waals surface area contributed by atoms with Gasteiger partial charge in [0.1, 0.15) is 5.00 Å². The molecule has 1 fully saturated rings. The molecule has 6 nitrogen and oxygen atoms in total. The maximum absolute atomic E-state index is 13.4. The van der Waals surface area contributed by atoms with Crippen LogP contribution >= 0.6 is 11.3 Å². The number of rotatable bonds is 4. The van der Waals surface area contributed by atoms with Crippen LogP contribution < -0.4 is 5.32 Å². The molecule has 0 radical (unpaired) electrons. The van der Waals surface area contributed by atoms with Crippen LogP contribution in [0.4, 0.5) is 5.00 Å². The number of thiophene rings is 1. The Labute approximate surface area is 184 Å². The summed E-state index contributed by atoms with van der Waals surface area (Å²) in [5.41, 5.74) is 3.28. The molecule has 0 spiro atoms. The molecule has 1 saturated heterocycles. The van der Waals surface area contributed by atoms with E-state index in [1.54, 1.807) is 29.2 Å². The lowest BCUT2D eigenvalue weighted by Gasteiger charge is -2.27. The highest BCUT2D eigenvalue weighted by Gasteiger charge is 2.28. The zero-order valence-corrected chi connectivity index (χ0v) is 17.9. The molecule has 156 valence electrons. The monoisotopic (exact) mass is 431 g/mol. The van der Waals surface area contributed by atoms with E-state index in [1.165, 1.54) is 11.3 Å². The summed E-state index contributed by atoms with van der Waals surface area (Å²) in [6.45, 7) is 3.99. The van der Waals surface area contributed by atoms with E-state index in [4.69, 9.17) is 10.00 Å². The number of carbonyl (C=O) groups is 2. The van der Waals surface area contributed by atoms with Crippen molar-refractivity contribution in [3.8, 4) is 16.5 Å². The van der Waals surface area contributed by atoms with Gasteiger partial charge in [-0.25, -0.2) is 0 Å². The molecule has 0 atom stereocenters. The highest BCUT2D eigenvalue weighted by molar-refractivity contribution is 7.20. The highest BCUT2D eigenvalue weighted by atomic mass is 32.1. The largest absolute Gasteiger partial charge is 0.378 e. The number of nitriles is 1. The quantitative estimate of drug-likeness (QED) is 0.667. The third-order valence-corrected chi connectivity index (χ3v) is 6.45. The van der Waals surface area contributed by atoms with Gasteiger partial charge in [0.25, 0.3) is 11.8 Å². The van der Waals surface area contributed by atoms with E-state index in [-0.39, 0.29) is 11.8 Å². The minimum atomic E-state index is -0.318. The molecule has 2 heterocycles. The predicted molar refractivity (Wildman–Crippen MR) is 120 cm³/mol. The summed E-state index contributed by atoms with van der Waals surface area (Å²) in [7, 11) is 0. The summed E-state index contributed by atoms with van der Waals surface area (Å²) in [5.74, 6) is -0.421. The van der Waals surface area contributed by atoms with Crippen LogP contribution in [0.15, 0.2) is 54.6 Å². The summed E-state index contributed by atoms with van der Waals surface area (Å²) in [5, 5.41) is 12.4. The third kappa shape index (κ3) is 4.36. The second-order valence-corrected chi connectivity index (χ2v) is 8.19. The van der Waals surface area contributed by atoms with Gasteiger partial charge in [-0.3, -0.25) is 9.59 Å². The van der Waals surface area contributed by atoms with Crippen molar-refractivity contribution in [1.29, 1.82) is 5.26 Å². The first-order valence-corrected chi connectivity index (χ1v) is 10.8. The Balaban J connectivity index is 1.71. The minimum Gasteiger partial charge on any atom is -0.378 e. The fourth-order valence-electron chi connectivity index (χ4n) is 3.52. The second-order valence-electron chi connectivity index (χ2n) is 7.17. The minimum absolute atomic E-state index is 0.102. The Morgan fingerprint density at radius 2 is 1.74 bits per heavy atom. The number of morpholine rings is 1. The molecule has 1 aliphatic rings. The molecule has 0 bridgehead atoms. The molecule has 3 aromatic rings. The van der Waals surface area contributed by atoms with Crippen molar-refractivity contribution in [2.75, 3.05) is 31.6 Å². The van der Waals surface area contributed by atoms with Gasteiger partial charge in [0.15, 0.2) is 0 Å². The number of carbonyl (C=O) groups excluding carboxylic acids is 2. The molecule has 1 aliphatic heterocycles. The Morgan fingerprint density at radius 3 is 2.39 bits per heavy atom. The molecular weight excluding hydrogens is 410 g/mol. The van der Waals surface area contributed by atoms with Crippen LogP contribution in [-0.4, -0.2) is 43.0 Å². The van der Waals surface area contributed by atoms with Crippen LogP contribution in [0.25, 0.3) is 10.4 Å². The number of nitrogens with zero attached hydrogens (tertiary/aromatic N) is 2. The topological polar surface area (TPSA) is 82.4 Å². The summed E-state index contributed by atoms with van der Waals surface area (Å²) in [4.78, 5) is 29.0. The summed E-state index contributed by atoms with van der Waals surface area (Å²) in [6, 6.07) is 18.3. The Hall–Kier alpha value is -3.47. The Bertz CT molecular complexity index is 1140. The van der Waals surface area contributed by atoms with E-state index < -0.39 is 0 Å². The van der Waals surface area contributed by atoms with Gasteiger partial charge in [-0.05, 0) is 42.3 Å². The van der Waals surface area contributed by atoms with Gasteiger partial charge < -0.3 is 15.0 Å². The highest BCUT2D eigenvalue weighted by Crippen LogP contribution is 2.40. The standard InChI is InChI=1S/C24H21N3O3S/c1-16-20(24(29)27-11-13-30-14-12-27)23(31-21(16)18-5-3-2-4-6-18)26-22(28)19-9-7-17(15-25)8-10-19/h2-10H,11-14H2,1H3,(H,26,28). The van der Waals surface area contributed by atoms with Crippen molar-refractivity contribution in [1.82, 2.24) is 4.90 Å². The fraction of sp³-hybridized carbons (Fsp3) is 0.208. The van der Waals surface area contributed by atoms with E-state index >= 15 is 0 Å². The van der Waals surface area contributed by atoms with Gasteiger partial charge in [0.05, 0.1) is 30.4 Å². The number of hydrogen-bond donors (Lipinski definition) is 1. The van der Waals surface area contributed by atoms with Gasteiger partial charge in [0, 0.05) is 23.5 Å². The smallest absolute Gasteiger partial charge is 0.257 e. The number of amides is 2. The number of nitrogens with one attached hydrogen (secondary N) is 1. The average Bonchev–Trinajstić information content (AvgIpc) is 3.15. The first kappa shape index (κ1) is 20.8. The summed E-state index contributed by atoms with van der Waals surface area (Å²) in [6.07, 6.45) is 0. The van der Waals surface area contributed by atoms with Crippen molar-refractivity contribution in [2.45, 2.75) is 6.92 Å². The van der Waals surface area contributed by atoms with Crippen molar-refractivity contribution in [3.05, 3.63) is 76.9 Å². The first-order chi connectivity index (χ1) is 15.1. The molecule has 7 heteroatoms. The average molecular weight is 432 g/mol. The lowest BCUT2D eigenvalue weighted by Crippen LogP contribution is -2.41. The van der Waals surface area contributed by atoms with Crippen molar-refractivity contribution in [3.63, 3.8) is 0 Å². The van der Waals surface area contributed by atoms with E-state index in [0.717, 1.165) is 16.0 Å². The molecule has 1 aromatic heterocycles. The number of anilines is 1. The Morgan fingerprint density at radius 1 is 1.06 bits per heavy atom. The first-order valence-electron chi connectivity index (χ1n) is 9.96. The van der Waals surface area contributed by atoms with Crippen LogP contribution in [0.5, 0.6) is 0 Å². The molecule has 0 saturated carbocycles. The maximum Gasteiger partial charge on any atom is 0.257 e. The lowest BCUT2D eigenvalue weighted by molar-refractivity contribution is 0.0303. The van der Waals surface area contributed by atoms with E-state index in [1.807, 2.05) is 43.3 Å². The van der Waals surface area contributed by atoms with Gasteiger partial charge in [-0.2, -0.15) is 5.26 Å². The fourth-order valence-corrected chi connectivity index (χ4v) is 4.72. The molecular formula is C24H21N3O3S. The van der Waals surface area contributed by atoms with Crippen molar-refractivity contribution >= 4 is 28.2 Å². The normalized spacial score (nSPS) is 13.5. The molecule has 4 rings (SSSR count). The predicted octanol–water partition coefficient (Wildman–Crippen LogP) is 4.32. The summed E-state index contributed by atoms with van der Waals surface area (Å²) >= 11 is 1.40. The third-order valence-electron chi connectivity index (χ3n) is 5.20. The molecule has 31 heavy (non-hydrogen) atoms. The van der Waals surface area contributed by atoms with E-state index in [2.05, 4.69) is 5.32 Å². The van der Waals surface area contributed by atoms with Gasteiger partial charge >= 0.3 is 0 Å². The molecule has 2 aromatic carbocycles. The summed E-state index contributed by atoms with van der Waals surface area (Å²) < 4.78 is 5.38. The van der Waals surface area contributed by atoms with Crippen molar-refractivity contribution in [2.24, 2.45) is 0 Å². The van der Waals surface area contributed by atoms with Crippen LogP contribution in [0.1, 0.15) is 31.8 Å². The maximum atomic E-state index is 13.4. The second kappa shape index (κ2) is 9.13. The van der Waals surface area contributed by atoms with E-state index in [9.17, 15) is 9.59 Å². The van der Waals surface area contributed by atoms with Gasteiger partial charge in [-0.15, -0.1) is 11.3 Å². The molecule has 0 aliphatic carbocycles. The van der Waals surface area contributed by atoms with Crippen LogP contribution in [0.2, 0.25) is 0 Å². The van der Waals surface area contributed by atoms with Crippen LogP contribution in [0, 0.1) is 18.3 Å². The van der Waals surface area contributed by atoms with Crippen LogP contribution in [0.3, 0.4) is 0 Å².